The van der Waals surface area contributed by atoms with Crippen molar-refractivity contribution in [1.82, 2.24) is 25.0 Å². The number of thiazole rings is 1. The molecule has 0 radical (unpaired) electrons. The van der Waals surface area contributed by atoms with Gasteiger partial charge in [0.25, 0.3) is 0 Å². The van der Waals surface area contributed by atoms with Gasteiger partial charge in [0.05, 0.1) is 36.0 Å². The van der Waals surface area contributed by atoms with Crippen molar-refractivity contribution in [2.75, 3.05) is 65.5 Å². The molecule has 1 atom stereocenters. The van der Waals surface area contributed by atoms with Crippen molar-refractivity contribution in [3.05, 3.63) is 29.3 Å². The number of carbonyl (C=O) groups excluding carboxylic acids is 1. The zero-order valence-corrected chi connectivity index (χ0v) is 19.6. The van der Waals surface area contributed by atoms with E-state index >= 15 is 0 Å². The number of amides is 1. The third kappa shape index (κ3) is 6.70. The lowest BCUT2D eigenvalue weighted by Gasteiger charge is -2.35. The number of fused-ring (bicyclic) bond motifs is 1. The molecule has 170 valence electrons. The van der Waals surface area contributed by atoms with Crippen LogP contribution in [0.1, 0.15) is 18.9 Å². The zero-order valence-electron chi connectivity index (χ0n) is 18.8. The van der Waals surface area contributed by atoms with E-state index in [0.717, 1.165) is 64.5 Å². The molecular formula is C23H35N5O2S. The Kier molecular flexibility index (Phi) is 7.90. The standard InChI is InChI=1S/C23H35N5O2S/c1-18(2)14-28-11-12-30-19(15-28)13-24-22(29)16-26-7-9-27(10-8-26)17-23-25-20-5-3-4-6-21(20)31-23/h3-6,18-19H,7-17H2,1-2H3,(H,24,29). The summed E-state index contributed by atoms with van der Waals surface area (Å²) in [6, 6.07) is 8.31. The summed E-state index contributed by atoms with van der Waals surface area (Å²) in [6.45, 7) is 14.0. The van der Waals surface area contributed by atoms with Crippen molar-refractivity contribution in [3.63, 3.8) is 0 Å². The molecule has 1 unspecified atom stereocenters. The van der Waals surface area contributed by atoms with Gasteiger partial charge in [-0.15, -0.1) is 11.3 Å². The van der Waals surface area contributed by atoms with Crippen LogP contribution in [-0.4, -0.2) is 97.2 Å². The largest absolute Gasteiger partial charge is 0.374 e. The number of piperazine rings is 1. The number of hydrogen-bond acceptors (Lipinski definition) is 7. The quantitative estimate of drug-likeness (QED) is 0.670. The van der Waals surface area contributed by atoms with Gasteiger partial charge in [0, 0.05) is 52.4 Å². The van der Waals surface area contributed by atoms with Gasteiger partial charge in [-0.2, -0.15) is 0 Å². The molecule has 2 aromatic rings. The smallest absolute Gasteiger partial charge is 0.234 e. The van der Waals surface area contributed by atoms with E-state index in [2.05, 4.69) is 52.1 Å². The van der Waals surface area contributed by atoms with Gasteiger partial charge >= 0.3 is 0 Å². The molecule has 8 heteroatoms. The van der Waals surface area contributed by atoms with Crippen LogP contribution in [0.25, 0.3) is 10.2 Å². The average molecular weight is 446 g/mol. The maximum Gasteiger partial charge on any atom is 0.234 e. The molecular weight excluding hydrogens is 410 g/mol. The number of nitrogens with zero attached hydrogens (tertiary/aromatic N) is 4. The molecule has 0 spiro atoms. The molecule has 2 saturated heterocycles. The zero-order chi connectivity index (χ0) is 21.6. The molecule has 2 aliphatic heterocycles. The SMILES string of the molecule is CC(C)CN1CCOC(CNC(=O)CN2CCN(Cc3nc4ccccc4s3)CC2)C1. The predicted molar refractivity (Wildman–Crippen MR) is 125 cm³/mol. The normalized spacial score (nSPS) is 21.7. The van der Waals surface area contributed by atoms with Crippen LogP contribution in [0.3, 0.4) is 0 Å². The average Bonchev–Trinajstić information content (AvgIpc) is 3.16. The molecule has 1 aromatic heterocycles. The van der Waals surface area contributed by atoms with Crippen LogP contribution in [0.2, 0.25) is 0 Å². The van der Waals surface area contributed by atoms with Crippen LogP contribution in [0.5, 0.6) is 0 Å². The summed E-state index contributed by atoms with van der Waals surface area (Å²) < 4.78 is 7.09. The Balaban J connectivity index is 1.14. The van der Waals surface area contributed by atoms with Crippen LogP contribution < -0.4 is 5.32 Å². The van der Waals surface area contributed by atoms with E-state index in [-0.39, 0.29) is 12.0 Å². The Hall–Kier alpha value is -1.58. The van der Waals surface area contributed by atoms with Gasteiger partial charge < -0.3 is 10.1 Å². The van der Waals surface area contributed by atoms with Crippen molar-refractivity contribution in [2.24, 2.45) is 5.92 Å². The number of morpholine rings is 1. The summed E-state index contributed by atoms with van der Waals surface area (Å²) in [6.07, 6.45) is 0.0992. The van der Waals surface area contributed by atoms with Crippen LogP contribution in [0.4, 0.5) is 0 Å². The Morgan fingerprint density at radius 1 is 1.16 bits per heavy atom. The van der Waals surface area contributed by atoms with E-state index in [1.165, 1.54) is 9.71 Å². The van der Waals surface area contributed by atoms with Crippen molar-refractivity contribution in [1.29, 1.82) is 0 Å². The molecule has 1 aromatic carbocycles. The van der Waals surface area contributed by atoms with Gasteiger partial charge in [0.2, 0.25) is 5.91 Å². The molecule has 3 heterocycles. The highest BCUT2D eigenvalue weighted by Gasteiger charge is 2.23. The van der Waals surface area contributed by atoms with E-state index < -0.39 is 0 Å². The van der Waals surface area contributed by atoms with Crippen LogP contribution in [0, 0.1) is 5.92 Å². The van der Waals surface area contributed by atoms with Crippen LogP contribution in [0.15, 0.2) is 24.3 Å². The highest BCUT2D eigenvalue weighted by Crippen LogP contribution is 2.23. The maximum atomic E-state index is 12.4. The minimum Gasteiger partial charge on any atom is -0.374 e. The van der Waals surface area contributed by atoms with Crippen molar-refractivity contribution >= 4 is 27.5 Å². The minimum absolute atomic E-state index is 0.0992. The van der Waals surface area contributed by atoms with E-state index in [9.17, 15) is 4.79 Å². The molecule has 0 aliphatic carbocycles. The fraction of sp³-hybridized carbons (Fsp3) is 0.652. The Morgan fingerprint density at radius 2 is 1.94 bits per heavy atom. The second-order valence-corrected chi connectivity index (χ2v) is 10.2. The molecule has 1 N–H and O–H groups in total. The van der Waals surface area contributed by atoms with Crippen LogP contribution >= 0.6 is 11.3 Å². The van der Waals surface area contributed by atoms with Gasteiger partial charge in [-0.1, -0.05) is 26.0 Å². The molecule has 2 fully saturated rings. The summed E-state index contributed by atoms with van der Waals surface area (Å²) in [5.41, 5.74) is 1.09. The topological polar surface area (TPSA) is 60.9 Å². The summed E-state index contributed by atoms with van der Waals surface area (Å²) in [7, 11) is 0. The number of para-hydroxylation sites is 1. The van der Waals surface area contributed by atoms with Crippen LogP contribution in [-0.2, 0) is 16.1 Å². The van der Waals surface area contributed by atoms with Gasteiger partial charge in [-0.05, 0) is 18.1 Å². The number of rotatable bonds is 8. The molecule has 2 aliphatic rings. The van der Waals surface area contributed by atoms with Gasteiger partial charge in [0.1, 0.15) is 5.01 Å². The van der Waals surface area contributed by atoms with Gasteiger partial charge in [0.15, 0.2) is 0 Å². The summed E-state index contributed by atoms with van der Waals surface area (Å²) in [5.74, 6) is 0.755. The number of ether oxygens (including phenoxy) is 1. The molecule has 0 saturated carbocycles. The Bertz CT molecular complexity index is 816. The van der Waals surface area contributed by atoms with E-state index in [0.29, 0.717) is 19.0 Å². The summed E-state index contributed by atoms with van der Waals surface area (Å²) in [4.78, 5) is 24.3. The van der Waals surface area contributed by atoms with E-state index in [1.807, 2.05) is 6.07 Å². The second-order valence-electron chi connectivity index (χ2n) is 9.08. The molecule has 1 amide bonds. The number of nitrogens with one attached hydrogen (secondary N) is 1. The highest BCUT2D eigenvalue weighted by molar-refractivity contribution is 7.18. The van der Waals surface area contributed by atoms with Gasteiger partial charge in [-0.3, -0.25) is 19.5 Å². The maximum absolute atomic E-state index is 12.4. The van der Waals surface area contributed by atoms with Crippen molar-refractivity contribution in [3.8, 4) is 0 Å². The first kappa shape index (κ1) is 22.6. The fourth-order valence-corrected chi connectivity index (χ4v) is 5.37. The van der Waals surface area contributed by atoms with Crippen molar-refractivity contribution in [2.45, 2.75) is 26.5 Å². The van der Waals surface area contributed by atoms with E-state index in [1.54, 1.807) is 11.3 Å². The van der Waals surface area contributed by atoms with Crippen molar-refractivity contribution < 1.29 is 9.53 Å². The monoisotopic (exact) mass is 445 g/mol. The molecule has 7 nitrogen and oxygen atoms in total. The summed E-state index contributed by atoms with van der Waals surface area (Å²) in [5, 5.41) is 4.26. The number of benzene rings is 1. The first-order valence-corrected chi connectivity index (χ1v) is 12.3. The lowest BCUT2D eigenvalue weighted by Crippen LogP contribution is -2.51. The first-order chi connectivity index (χ1) is 15.0. The molecule has 0 bridgehead atoms. The second kappa shape index (κ2) is 10.8. The lowest BCUT2D eigenvalue weighted by molar-refractivity contribution is -0.124. The van der Waals surface area contributed by atoms with Gasteiger partial charge in [-0.25, -0.2) is 4.98 Å². The first-order valence-electron chi connectivity index (χ1n) is 11.4. The highest BCUT2D eigenvalue weighted by atomic mass is 32.1. The Labute approximate surface area is 189 Å². The predicted octanol–water partition coefficient (Wildman–Crippen LogP) is 1.89. The van der Waals surface area contributed by atoms with E-state index in [4.69, 9.17) is 9.72 Å². The molecule has 4 rings (SSSR count). The fourth-order valence-electron chi connectivity index (χ4n) is 4.36. The third-order valence-corrected chi connectivity index (χ3v) is 6.92. The summed E-state index contributed by atoms with van der Waals surface area (Å²) >= 11 is 1.78. The third-order valence-electron chi connectivity index (χ3n) is 5.90. The Morgan fingerprint density at radius 3 is 2.71 bits per heavy atom. The number of carbonyl (C=O) groups is 1. The molecule has 31 heavy (non-hydrogen) atoms. The lowest BCUT2D eigenvalue weighted by atomic mass is 10.2. The number of hydrogen-bond donors (Lipinski definition) is 1. The number of aromatic nitrogens is 1. The minimum atomic E-state index is 0.0992.